The molecule has 0 spiro atoms. The van der Waals surface area contributed by atoms with Gasteiger partial charge in [-0.2, -0.15) is 0 Å². The van der Waals surface area contributed by atoms with Crippen LogP contribution in [-0.2, 0) is 9.53 Å². The van der Waals surface area contributed by atoms with Crippen LogP contribution >= 0.6 is 0 Å². The maximum absolute atomic E-state index is 12.6. The summed E-state index contributed by atoms with van der Waals surface area (Å²) in [6.45, 7) is 6.95. The number of ether oxygens (including phenoxy) is 1. The molecule has 3 aliphatic rings. The number of amides is 3. The summed E-state index contributed by atoms with van der Waals surface area (Å²) in [5.41, 5.74) is 0. The summed E-state index contributed by atoms with van der Waals surface area (Å²) in [6.07, 6.45) is 4.92. The standard InChI is InChI=1S/C17H30N4O3/c22-16-15(5-1-2-6-18-16)19-17(23)21-7-3-4-14(13-21)12-20-8-10-24-11-9-20/h14-15H,1-13H2,(H,18,22)(H,19,23)/t14-,15+/m1/s1. The lowest BCUT2D eigenvalue weighted by atomic mass is 9.97. The Balaban J connectivity index is 1.48. The van der Waals surface area contributed by atoms with Crippen molar-refractivity contribution >= 4 is 11.9 Å². The number of likely N-dealkylation sites (tertiary alicyclic amines) is 1. The molecule has 2 N–H and O–H groups in total. The van der Waals surface area contributed by atoms with Crippen LogP contribution < -0.4 is 10.6 Å². The van der Waals surface area contributed by atoms with Gasteiger partial charge in [0.05, 0.1) is 13.2 Å². The zero-order chi connectivity index (χ0) is 16.8. The lowest BCUT2D eigenvalue weighted by Crippen LogP contribution is -2.53. The van der Waals surface area contributed by atoms with Gasteiger partial charge in [-0.15, -0.1) is 0 Å². The molecule has 0 aliphatic carbocycles. The highest BCUT2D eigenvalue weighted by Gasteiger charge is 2.29. The smallest absolute Gasteiger partial charge is 0.318 e. The van der Waals surface area contributed by atoms with Gasteiger partial charge in [0.2, 0.25) is 5.91 Å². The molecule has 7 heteroatoms. The first-order valence-electron chi connectivity index (χ1n) is 9.35. The molecule has 2 atom stereocenters. The average Bonchev–Trinajstić information content (AvgIpc) is 2.81. The fourth-order valence-corrected chi connectivity index (χ4v) is 3.86. The van der Waals surface area contributed by atoms with Crippen molar-refractivity contribution in [3.05, 3.63) is 0 Å². The first kappa shape index (κ1) is 17.5. The van der Waals surface area contributed by atoms with Crippen molar-refractivity contribution in [2.75, 3.05) is 52.5 Å². The summed E-state index contributed by atoms with van der Waals surface area (Å²) in [7, 11) is 0. The van der Waals surface area contributed by atoms with Crippen LogP contribution in [0.3, 0.4) is 0 Å². The van der Waals surface area contributed by atoms with Crippen molar-refractivity contribution in [2.45, 2.75) is 38.1 Å². The SMILES string of the molecule is O=C1NCCCC[C@@H]1NC(=O)N1CCC[C@H](CN2CCOCC2)C1. The van der Waals surface area contributed by atoms with Gasteiger partial charge in [0.1, 0.15) is 6.04 Å². The summed E-state index contributed by atoms with van der Waals surface area (Å²) in [5.74, 6) is 0.480. The molecule has 0 aromatic rings. The van der Waals surface area contributed by atoms with Gasteiger partial charge in [0, 0.05) is 39.3 Å². The number of nitrogens with zero attached hydrogens (tertiary/aromatic N) is 2. The van der Waals surface area contributed by atoms with E-state index in [9.17, 15) is 9.59 Å². The molecule has 24 heavy (non-hydrogen) atoms. The Hall–Kier alpha value is -1.34. The lowest BCUT2D eigenvalue weighted by Gasteiger charge is -2.37. The first-order valence-corrected chi connectivity index (χ1v) is 9.35. The second kappa shape index (κ2) is 8.67. The van der Waals surface area contributed by atoms with Crippen LogP contribution in [-0.4, -0.2) is 80.3 Å². The Kier molecular flexibility index (Phi) is 6.31. The molecule has 0 aromatic heterocycles. The summed E-state index contributed by atoms with van der Waals surface area (Å²) < 4.78 is 5.40. The molecular formula is C17H30N4O3. The van der Waals surface area contributed by atoms with Crippen molar-refractivity contribution in [3.8, 4) is 0 Å². The Bertz CT molecular complexity index is 440. The molecule has 0 bridgehead atoms. The molecule has 0 unspecified atom stereocenters. The summed E-state index contributed by atoms with van der Waals surface area (Å²) in [6, 6.07) is -0.455. The van der Waals surface area contributed by atoms with Crippen LogP contribution in [0.4, 0.5) is 4.79 Å². The molecule has 3 saturated heterocycles. The number of nitrogens with one attached hydrogen (secondary N) is 2. The number of rotatable bonds is 3. The molecule has 3 rings (SSSR count). The molecule has 7 nitrogen and oxygen atoms in total. The van der Waals surface area contributed by atoms with E-state index in [1.165, 1.54) is 6.42 Å². The largest absolute Gasteiger partial charge is 0.379 e. The molecule has 0 radical (unpaired) electrons. The van der Waals surface area contributed by atoms with E-state index in [2.05, 4.69) is 15.5 Å². The van der Waals surface area contributed by atoms with Gasteiger partial charge in [0.15, 0.2) is 0 Å². The second-order valence-corrected chi connectivity index (χ2v) is 7.16. The van der Waals surface area contributed by atoms with Gasteiger partial charge in [-0.05, 0) is 38.0 Å². The van der Waals surface area contributed by atoms with Crippen molar-refractivity contribution in [1.29, 1.82) is 0 Å². The normalized spacial score (nSPS) is 29.7. The van der Waals surface area contributed by atoms with E-state index in [1.54, 1.807) is 0 Å². The number of carbonyl (C=O) groups is 2. The highest BCUT2D eigenvalue weighted by molar-refractivity contribution is 5.87. The Morgan fingerprint density at radius 2 is 2.00 bits per heavy atom. The van der Waals surface area contributed by atoms with Gasteiger partial charge in [-0.25, -0.2) is 4.79 Å². The van der Waals surface area contributed by atoms with Gasteiger partial charge in [-0.1, -0.05) is 0 Å². The third-order valence-corrected chi connectivity index (χ3v) is 5.26. The highest BCUT2D eigenvalue weighted by atomic mass is 16.5. The quantitative estimate of drug-likeness (QED) is 0.782. The monoisotopic (exact) mass is 338 g/mol. The van der Waals surface area contributed by atoms with Crippen molar-refractivity contribution in [2.24, 2.45) is 5.92 Å². The first-order chi connectivity index (χ1) is 11.7. The van der Waals surface area contributed by atoms with E-state index in [-0.39, 0.29) is 18.0 Å². The predicted molar refractivity (Wildman–Crippen MR) is 90.7 cm³/mol. The van der Waals surface area contributed by atoms with E-state index < -0.39 is 0 Å². The van der Waals surface area contributed by atoms with Crippen LogP contribution in [0.1, 0.15) is 32.1 Å². The van der Waals surface area contributed by atoms with Crippen LogP contribution in [0.2, 0.25) is 0 Å². The van der Waals surface area contributed by atoms with Gasteiger partial charge in [-0.3, -0.25) is 9.69 Å². The second-order valence-electron chi connectivity index (χ2n) is 7.16. The molecule has 3 amide bonds. The molecule has 3 aliphatic heterocycles. The predicted octanol–water partition coefficient (Wildman–Crippen LogP) is 0.409. The Morgan fingerprint density at radius 3 is 2.83 bits per heavy atom. The van der Waals surface area contributed by atoms with Gasteiger partial charge in [0.25, 0.3) is 0 Å². The van der Waals surface area contributed by atoms with E-state index in [1.807, 2.05) is 4.90 Å². The molecule has 3 fully saturated rings. The third-order valence-electron chi connectivity index (χ3n) is 5.26. The Labute approximate surface area is 144 Å². The number of hydrogen-bond donors (Lipinski definition) is 2. The fraction of sp³-hybridized carbons (Fsp3) is 0.882. The summed E-state index contributed by atoms with van der Waals surface area (Å²) in [4.78, 5) is 28.9. The van der Waals surface area contributed by atoms with E-state index >= 15 is 0 Å². The van der Waals surface area contributed by atoms with Crippen molar-refractivity contribution in [1.82, 2.24) is 20.4 Å². The summed E-state index contributed by atoms with van der Waals surface area (Å²) >= 11 is 0. The highest BCUT2D eigenvalue weighted by Crippen LogP contribution is 2.19. The van der Waals surface area contributed by atoms with Crippen LogP contribution in [0.15, 0.2) is 0 Å². The van der Waals surface area contributed by atoms with Crippen molar-refractivity contribution < 1.29 is 14.3 Å². The minimum absolute atomic E-state index is 0.0391. The van der Waals surface area contributed by atoms with Crippen LogP contribution in [0.25, 0.3) is 0 Å². The zero-order valence-electron chi connectivity index (χ0n) is 14.5. The van der Waals surface area contributed by atoms with Crippen LogP contribution in [0.5, 0.6) is 0 Å². The molecule has 0 aromatic carbocycles. The average molecular weight is 338 g/mol. The minimum Gasteiger partial charge on any atom is -0.379 e. The van der Waals surface area contributed by atoms with E-state index in [0.717, 1.165) is 78.2 Å². The molecule has 3 heterocycles. The van der Waals surface area contributed by atoms with Crippen molar-refractivity contribution in [3.63, 3.8) is 0 Å². The number of morpholine rings is 1. The molecule has 0 saturated carbocycles. The van der Waals surface area contributed by atoms with Crippen LogP contribution in [0, 0.1) is 5.92 Å². The number of urea groups is 1. The maximum Gasteiger partial charge on any atom is 0.318 e. The lowest BCUT2D eigenvalue weighted by molar-refractivity contribution is -0.122. The third kappa shape index (κ3) is 4.83. The van der Waals surface area contributed by atoms with Gasteiger partial charge >= 0.3 is 6.03 Å². The molecule has 136 valence electrons. The minimum atomic E-state index is -0.375. The number of piperidine rings is 1. The van der Waals surface area contributed by atoms with Gasteiger partial charge < -0.3 is 20.3 Å². The zero-order valence-corrected chi connectivity index (χ0v) is 14.5. The number of hydrogen-bond acceptors (Lipinski definition) is 4. The van der Waals surface area contributed by atoms with E-state index in [0.29, 0.717) is 5.92 Å². The molecular weight excluding hydrogens is 308 g/mol. The maximum atomic E-state index is 12.6. The Morgan fingerprint density at radius 1 is 1.17 bits per heavy atom. The summed E-state index contributed by atoms with van der Waals surface area (Å²) in [5, 5.41) is 5.82. The van der Waals surface area contributed by atoms with E-state index in [4.69, 9.17) is 4.74 Å². The number of carbonyl (C=O) groups excluding carboxylic acids is 2. The fourth-order valence-electron chi connectivity index (χ4n) is 3.86. The topological polar surface area (TPSA) is 73.9 Å².